The first-order valence-electron chi connectivity index (χ1n) is 15.3. The van der Waals surface area contributed by atoms with E-state index >= 15 is 0 Å². The van der Waals surface area contributed by atoms with Crippen LogP contribution >= 0.6 is 11.6 Å². The summed E-state index contributed by atoms with van der Waals surface area (Å²) in [4.78, 5) is 30.0. The predicted molar refractivity (Wildman–Crippen MR) is 184 cm³/mol. The molecular weight excluding hydrogens is 638 g/mol. The fraction of sp³-hybridized carbons (Fsp3) is 0.278. The van der Waals surface area contributed by atoms with Gasteiger partial charge in [0.1, 0.15) is 24.1 Å². The molecule has 4 aromatic rings. The SMILES string of the molecule is CC[C@@H](C)NC(=O)[C@H](Cc1ccccc1)N(Cc1ccccc1Cl)C(=O)CN(c1ccccc1OC)S(=O)(=O)c1ccc(OC)cc1. The Labute approximate surface area is 282 Å². The molecule has 0 aromatic heterocycles. The third-order valence-corrected chi connectivity index (χ3v) is 9.99. The van der Waals surface area contributed by atoms with Gasteiger partial charge in [-0.1, -0.05) is 79.2 Å². The van der Waals surface area contributed by atoms with Gasteiger partial charge in [0.25, 0.3) is 10.0 Å². The molecule has 0 bridgehead atoms. The average Bonchev–Trinajstić information content (AvgIpc) is 3.09. The first-order chi connectivity index (χ1) is 22.6. The van der Waals surface area contributed by atoms with Gasteiger partial charge in [-0.2, -0.15) is 0 Å². The van der Waals surface area contributed by atoms with Crippen molar-refractivity contribution >= 4 is 39.1 Å². The predicted octanol–water partition coefficient (Wildman–Crippen LogP) is 6.11. The lowest BCUT2D eigenvalue weighted by Gasteiger charge is -2.34. The van der Waals surface area contributed by atoms with Crippen molar-refractivity contribution in [2.45, 2.75) is 50.2 Å². The molecule has 0 saturated carbocycles. The van der Waals surface area contributed by atoms with Crippen molar-refractivity contribution in [2.24, 2.45) is 0 Å². The maximum atomic E-state index is 14.6. The van der Waals surface area contributed by atoms with E-state index in [0.717, 1.165) is 9.87 Å². The van der Waals surface area contributed by atoms with Crippen LogP contribution in [0.15, 0.2) is 108 Å². The number of halogens is 1. The van der Waals surface area contributed by atoms with Gasteiger partial charge in [-0.15, -0.1) is 0 Å². The number of hydrogen-bond donors (Lipinski definition) is 1. The molecule has 0 spiro atoms. The molecular formula is C36H40ClN3O6S. The first-order valence-corrected chi connectivity index (χ1v) is 17.1. The van der Waals surface area contributed by atoms with E-state index in [9.17, 15) is 18.0 Å². The number of anilines is 1. The minimum Gasteiger partial charge on any atom is -0.497 e. The van der Waals surface area contributed by atoms with Gasteiger partial charge >= 0.3 is 0 Å². The highest BCUT2D eigenvalue weighted by molar-refractivity contribution is 7.92. The Morgan fingerprint density at radius 2 is 1.49 bits per heavy atom. The topological polar surface area (TPSA) is 105 Å². The monoisotopic (exact) mass is 677 g/mol. The Bertz CT molecular complexity index is 1750. The molecule has 4 rings (SSSR count). The van der Waals surface area contributed by atoms with E-state index < -0.39 is 28.5 Å². The molecule has 9 nitrogen and oxygen atoms in total. The van der Waals surface area contributed by atoms with E-state index in [1.165, 1.54) is 43.4 Å². The molecule has 2 amide bonds. The van der Waals surface area contributed by atoms with Crippen molar-refractivity contribution in [2.75, 3.05) is 25.1 Å². The third-order valence-electron chi connectivity index (χ3n) is 7.85. The number of ether oxygens (including phenoxy) is 2. The molecule has 2 atom stereocenters. The van der Waals surface area contributed by atoms with Gasteiger partial charge in [-0.05, 0) is 66.9 Å². The molecule has 0 radical (unpaired) electrons. The molecule has 0 saturated heterocycles. The van der Waals surface area contributed by atoms with Gasteiger partial charge in [-0.3, -0.25) is 13.9 Å². The van der Waals surface area contributed by atoms with E-state index in [1.807, 2.05) is 44.2 Å². The van der Waals surface area contributed by atoms with Gasteiger partial charge in [-0.25, -0.2) is 8.42 Å². The highest BCUT2D eigenvalue weighted by atomic mass is 35.5. The van der Waals surface area contributed by atoms with Gasteiger partial charge < -0.3 is 19.7 Å². The minimum absolute atomic E-state index is 0.0354. The summed E-state index contributed by atoms with van der Waals surface area (Å²) in [5.41, 5.74) is 1.61. The number of methoxy groups -OCH3 is 2. The Balaban J connectivity index is 1.84. The zero-order chi connectivity index (χ0) is 34.0. The third kappa shape index (κ3) is 8.84. The van der Waals surface area contributed by atoms with Crippen LogP contribution in [-0.2, 0) is 32.6 Å². The minimum atomic E-state index is -4.33. The summed E-state index contributed by atoms with van der Waals surface area (Å²) < 4.78 is 40.4. The number of nitrogens with one attached hydrogen (secondary N) is 1. The van der Waals surface area contributed by atoms with Crippen molar-refractivity contribution in [1.29, 1.82) is 0 Å². The second-order valence-electron chi connectivity index (χ2n) is 11.0. The number of carbonyl (C=O) groups is 2. The van der Waals surface area contributed by atoms with Crippen molar-refractivity contribution in [3.8, 4) is 11.5 Å². The van der Waals surface area contributed by atoms with E-state index in [0.29, 0.717) is 22.8 Å². The van der Waals surface area contributed by atoms with Gasteiger partial charge in [0.2, 0.25) is 11.8 Å². The van der Waals surface area contributed by atoms with E-state index in [2.05, 4.69) is 5.32 Å². The number of benzene rings is 4. The fourth-order valence-electron chi connectivity index (χ4n) is 5.03. The molecule has 0 heterocycles. The van der Waals surface area contributed by atoms with Crippen molar-refractivity contribution in [3.05, 3.63) is 119 Å². The summed E-state index contributed by atoms with van der Waals surface area (Å²) in [7, 11) is -1.41. The summed E-state index contributed by atoms with van der Waals surface area (Å²) in [6.07, 6.45) is 0.878. The van der Waals surface area contributed by atoms with Crippen molar-refractivity contribution in [1.82, 2.24) is 10.2 Å². The lowest BCUT2D eigenvalue weighted by atomic mass is 10.0. The number of carbonyl (C=O) groups excluding carboxylic acids is 2. The Hall–Kier alpha value is -4.54. The number of hydrogen-bond acceptors (Lipinski definition) is 6. The Morgan fingerprint density at radius 3 is 2.13 bits per heavy atom. The molecule has 1 N–H and O–H groups in total. The molecule has 11 heteroatoms. The summed E-state index contributed by atoms with van der Waals surface area (Å²) >= 11 is 6.57. The van der Waals surface area contributed by atoms with Gasteiger partial charge in [0.15, 0.2) is 0 Å². The number of rotatable bonds is 15. The Kier molecular flexibility index (Phi) is 12.3. The quantitative estimate of drug-likeness (QED) is 0.163. The summed E-state index contributed by atoms with van der Waals surface area (Å²) in [5, 5.41) is 3.44. The molecule has 0 aliphatic rings. The molecule has 47 heavy (non-hydrogen) atoms. The number of para-hydroxylation sites is 2. The lowest BCUT2D eigenvalue weighted by Crippen LogP contribution is -2.54. The normalized spacial score (nSPS) is 12.4. The second kappa shape index (κ2) is 16.3. The van der Waals surface area contributed by atoms with Gasteiger partial charge in [0.05, 0.1) is 24.8 Å². The first kappa shape index (κ1) is 35.3. The smallest absolute Gasteiger partial charge is 0.264 e. The zero-order valence-corrected chi connectivity index (χ0v) is 28.5. The molecule has 0 aliphatic heterocycles. The van der Waals surface area contributed by atoms with Crippen molar-refractivity contribution < 1.29 is 27.5 Å². The molecule has 248 valence electrons. The zero-order valence-electron chi connectivity index (χ0n) is 26.9. The molecule has 0 unspecified atom stereocenters. The van der Waals surface area contributed by atoms with E-state index in [4.69, 9.17) is 21.1 Å². The highest BCUT2D eigenvalue weighted by Gasteiger charge is 2.36. The van der Waals surface area contributed by atoms with Crippen LogP contribution in [0.4, 0.5) is 5.69 Å². The van der Waals surface area contributed by atoms with E-state index in [-0.39, 0.29) is 41.2 Å². The van der Waals surface area contributed by atoms with Crippen LogP contribution in [0.3, 0.4) is 0 Å². The lowest BCUT2D eigenvalue weighted by molar-refractivity contribution is -0.140. The van der Waals surface area contributed by atoms with Crippen LogP contribution in [0.5, 0.6) is 11.5 Å². The summed E-state index contributed by atoms with van der Waals surface area (Å²) in [6, 6.07) is 27.8. The van der Waals surface area contributed by atoms with Crippen LogP contribution in [-0.4, -0.2) is 58.0 Å². The average molecular weight is 678 g/mol. The molecule has 4 aromatic carbocycles. The maximum Gasteiger partial charge on any atom is 0.264 e. The summed E-state index contributed by atoms with van der Waals surface area (Å²) in [5.74, 6) is -0.227. The van der Waals surface area contributed by atoms with Crippen molar-refractivity contribution in [3.63, 3.8) is 0 Å². The van der Waals surface area contributed by atoms with Crippen LogP contribution < -0.4 is 19.1 Å². The number of nitrogens with zero attached hydrogens (tertiary/aromatic N) is 2. The van der Waals surface area contributed by atoms with E-state index in [1.54, 1.807) is 48.5 Å². The van der Waals surface area contributed by atoms with Crippen LogP contribution in [0.1, 0.15) is 31.4 Å². The largest absolute Gasteiger partial charge is 0.497 e. The summed E-state index contributed by atoms with van der Waals surface area (Å²) in [6.45, 7) is 3.19. The van der Waals surface area contributed by atoms with Gasteiger partial charge in [0, 0.05) is 24.0 Å². The standard InChI is InChI=1S/C36H40ClN3O6S/c1-5-26(2)38-36(42)33(23-27-13-7-6-8-14-27)39(24-28-15-9-10-16-31(28)37)35(41)25-40(32-17-11-12-18-34(32)46-4)47(43,44)30-21-19-29(45-3)20-22-30/h6-22,26,33H,5,23-25H2,1-4H3,(H,38,42)/t26-,33+/m1/s1. The van der Waals surface area contributed by atoms with Crippen LogP contribution in [0.25, 0.3) is 0 Å². The highest BCUT2D eigenvalue weighted by Crippen LogP contribution is 2.33. The van der Waals surface area contributed by atoms with Crippen LogP contribution in [0.2, 0.25) is 5.02 Å². The number of sulfonamides is 1. The van der Waals surface area contributed by atoms with Crippen LogP contribution in [0, 0.1) is 0 Å². The molecule has 0 aliphatic carbocycles. The number of amides is 2. The second-order valence-corrected chi connectivity index (χ2v) is 13.3. The molecule has 0 fully saturated rings. The fourth-order valence-corrected chi connectivity index (χ4v) is 6.65. The Morgan fingerprint density at radius 1 is 0.851 bits per heavy atom. The maximum absolute atomic E-state index is 14.6.